The molecule has 3 fully saturated rings. The van der Waals surface area contributed by atoms with E-state index in [1.54, 1.807) is 6.07 Å². The molecule has 0 radical (unpaired) electrons. The van der Waals surface area contributed by atoms with E-state index in [0.29, 0.717) is 31.2 Å². The average molecular weight is 394 g/mol. The third-order valence-corrected chi connectivity index (χ3v) is 5.50. The summed E-state index contributed by atoms with van der Waals surface area (Å²) in [5.74, 6) is -2.86. The molecule has 2 saturated heterocycles. The first-order valence-corrected chi connectivity index (χ1v) is 9.60. The van der Waals surface area contributed by atoms with Gasteiger partial charge in [0.1, 0.15) is 17.4 Å². The zero-order valence-corrected chi connectivity index (χ0v) is 15.7. The summed E-state index contributed by atoms with van der Waals surface area (Å²) in [6.07, 6.45) is 2.66. The number of nitrogens with two attached hydrogens (primary N) is 1. The van der Waals surface area contributed by atoms with Gasteiger partial charge in [-0.1, -0.05) is 6.92 Å². The fourth-order valence-electron chi connectivity index (χ4n) is 3.75. The van der Waals surface area contributed by atoms with Gasteiger partial charge in [-0.2, -0.15) is 0 Å². The number of ether oxygens (including phenoxy) is 1. The fraction of sp³-hybridized carbons (Fsp3) is 0.632. The Bertz CT molecular complexity index is 791. The summed E-state index contributed by atoms with van der Waals surface area (Å²) < 4.78 is 32.4. The topological polar surface area (TPSA) is 88.8 Å². The van der Waals surface area contributed by atoms with Crippen molar-refractivity contribution in [3.8, 4) is 5.88 Å². The minimum absolute atomic E-state index is 0.127. The number of alkyl halides is 2. The monoisotopic (exact) mass is 394 g/mol. The first kappa shape index (κ1) is 18.9. The summed E-state index contributed by atoms with van der Waals surface area (Å²) in [7, 11) is 0. The van der Waals surface area contributed by atoms with Crippen molar-refractivity contribution in [1.82, 2.24) is 9.88 Å². The van der Waals surface area contributed by atoms with E-state index in [2.05, 4.69) is 4.98 Å². The van der Waals surface area contributed by atoms with Gasteiger partial charge in [-0.05, 0) is 43.2 Å². The highest BCUT2D eigenvalue weighted by atomic mass is 19.3. The summed E-state index contributed by atoms with van der Waals surface area (Å²) in [6.45, 7) is 2.04. The van der Waals surface area contributed by atoms with E-state index < -0.39 is 36.9 Å². The third-order valence-electron chi connectivity index (χ3n) is 5.50. The van der Waals surface area contributed by atoms with Gasteiger partial charge in [-0.25, -0.2) is 13.8 Å². The fourth-order valence-corrected chi connectivity index (χ4v) is 3.75. The van der Waals surface area contributed by atoms with Crippen molar-refractivity contribution in [2.24, 2.45) is 17.6 Å². The van der Waals surface area contributed by atoms with Crippen LogP contribution in [0.25, 0.3) is 0 Å². The van der Waals surface area contributed by atoms with Gasteiger partial charge >= 0.3 is 0 Å². The number of likely N-dealkylation sites (tertiary alicyclic amines) is 1. The van der Waals surface area contributed by atoms with Crippen LogP contribution in [0.15, 0.2) is 12.1 Å². The van der Waals surface area contributed by atoms with E-state index >= 15 is 0 Å². The van der Waals surface area contributed by atoms with Crippen molar-refractivity contribution >= 4 is 17.5 Å². The number of aromatic nitrogens is 1. The molecule has 1 aromatic rings. The van der Waals surface area contributed by atoms with Crippen LogP contribution in [0.2, 0.25) is 0 Å². The Morgan fingerprint density at radius 2 is 2.04 bits per heavy atom. The van der Waals surface area contributed by atoms with Crippen LogP contribution < -0.4 is 15.4 Å². The Hall–Kier alpha value is -2.45. The van der Waals surface area contributed by atoms with E-state index in [1.807, 2.05) is 6.92 Å². The number of primary amides is 1. The van der Waals surface area contributed by atoms with Crippen LogP contribution in [0.3, 0.4) is 0 Å². The van der Waals surface area contributed by atoms with Crippen LogP contribution in [0, 0.1) is 11.8 Å². The second kappa shape index (κ2) is 6.86. The molecule has 0 aromatic carbocycles. The largest absolute Gasteiger partial charge is 0.476 e. The van der Waals surface area contributed by atoms with Crippen LogP contribution >= 0.6 is 0 Å². The molecular formula is C19H24F2N4O3. The molecule has 3 aliphatic rings. The molecular weight excluding hydrogens is 370 g/mol. The van der Waals surface area contributed by atoms with E-state index in [-0.39, 0.29) is 17.5 Å². The Labute approximate surface area is 161 Å². The number of carbonyl (C=O) groups is 2. The van der Waals surface area contributed by atoms with Gasteiger partial charge in [0.25, 0.3) is 11.8 Å². The summed E-state index contributed by atoms with van der Waals surface area (Å²) in [5.41, 5.74) is 6.03. The molecule has 0 spiro atoms. The van der Waals surface area contributed by atoms with Crippen LogP contribution in [0.1, 0.15) is 36.7 Å². The van der Waals surface area contributed by atoms with Gasteiger partial charge in [0.15, 0.2) is 0 Å². The molecule has 28 heavy (non-hydrogen) atoms. The van der Waals surface area contributed by atoms with Crippen LogP contribution in [0.5, 0.6) is 5.88 Å². The van der Waals surface area contributed by atoms with Gasteiger partial charge in [0.2, 0.25) is 11.8 Å². The highest BCUT2D eigenvalue weighted by Crippen LogP contribution is 2.38. The normalized spacial score (nSPS) is 26.1. The Morgan fingerprint density at radius 3 is 2.64 bits per heavy atom. The van der Waals surface area contributed by atoms with Crippen LogP contribution in [-0.2, 0) is 4.79 Å². The van der Waals surface area contributed by atoms with Gasteiger partial charge in [-0.3, -0.25) is 9.59 Å². The zero-order chi connectivity index (χ0) is 20.1. The number of hydrogen-bond donors (Lipinski definition) is 1. The molecule has 2 amide bonds. The van der Waals surface area contributed by atoms with Crippen molar-refractivity contribution in [2.75, 3.05) is 31.1 Å². The number of amides is 2. The van der Waals surface area contributed by atoms with Gasteiger partial charge in [0, 0.05) is 6.54 Å². The summed E-state index contributed by atoms with van der Waals surface area (Å²) in [6, 6.07) is 2.43. The number of hydrogen-bond acceptors (Lipinski definition) is 5. The van der Waals surface area contributed by atoms with Crippen molar-refractivity contribution in [1.29, 1.82) is 0 Å². The maximum absolute atomic E-state index is 13.3. The van der Waals surface area contributed by atoms with Crippen molar-refractivity contribution < 1.29 is 23.1 Å². The van der Waals surface area contributed by atoms with Crippen LogP contribution in [0.4, 0.5) is 14.5 Å². The lowest BCUT2D eigenvalue weighted by Crippen LogP contribution is -2.56. The predicted molar refractivity (Wildman–Crippen MR) is 97.4 cm³/mol. The minimum Gasteiger partial charge on any atom is -0.476 e. The number of anilines is 1. The third kappa shape index (κ3) is 3.74. The van der Waals surface area contributed by atoms with E-state index in [9.17, 15) is 18.4 Å². The molecule has 1 aliphatic carbocycles. The Morgan fingerprint density at radius 1 is 1.32 bits per heavy atom. The zero-order valence-electron chi connectivity index (χ0n) is 15.7. The summed E-state index contributed by atoms with van der Waals surface area (Å²) in [5, 5.41) is 0. The molecule has 1 saturated carbocycles. The molecule has 4 rings (SSSR count). The Balaban J connectivity index is 1.57. The van der Waals surface area contributed by atoms with E-state index in [0.717, 1.165) is 12.8 Å². The molecule has 152 valence electrons. The van der Waals surface area contributed by atoms with E-state index in [1.165, 1.54) is 15.9 Å². The second-order valence-electron chi connectivity index (χ2n) is 8.20. The molecule has 2 aliphatic heterocycles. The van der Waals surface area contributed by atoms with Gasteiger partial charge in [0.05, 0.1) is 19.7 Å². The molecule has 2 N–H and O–H groups in total. The average Bonchev–Trinajstić information content (AvgIpc) is 3.36. The first-order valence-electron chi connectivity index (χ1n) is 9.60. The standard InChI is InChI=1S/C19H24F2N4O3/c1-11-6-15(16(22)26)25(7-11)18(27)13-4-5-14(24-9-19(20,21)10-24)17(23-13)28-8-12-2-3-12/h4-5,11-12,15H,2-3,6-10H2,1H3,(H2,22,26)/t11?,15-/m0/s1. The second-order valence-corrected chi connectivity index (χ2v) is 8.20. The lowest BCUT2D eigenvalue weighted by molar-refractivity contribution is -0.121. The van der Waals surface area contributed by atoms with Crippen molar-refractivity contribution in [3.05, 3.63) is 17.8 Å². The molecule has 1 unspecified atom stereocenters. The molecule has 2 atom stereocenters. The summed E-state index contributed by atoms with van der Waals surface area (Å²) >= 11 is 0. The van der Waals surface area contributed by atoms with Crippen molar-refractivity contribution in [3.63, 3.8) is 0 Å². The van der Waals surface area contributed by atoms with Gasteiger partial charge in [-0.15, -0.1) is 0 Å². The smallest absolute Gasteiger partial charge is 0.282 e. The van der Waals surface area contributed by atoms with Crippen molar-refractivity contribution in [2.45, 2.75) is 38.2 Å². The quantitative estimate of drug-likeness (QED) is 0.793. The minimum atomic E-state index is -2.72. The first-order chi connectivity index (χ1) is 13.2. The number of nitrogens with zero attached hydrogens (tertiary/aromatic N) is 3. The number of carbonyl (C=O) groups excluding carboxylic acids is 2. The number of rotatable bonds is 6. The SMILES string of the molecule is CC1C[C@@H](C(N)=O)N(C(=O)c2ccc(N3CC(F)(F)C3)c(OCC3CC3)n2)C1. The Kier molecular flexibility index (Phi) is 4.63. The molecule has 9 heteroatoms. The van der Waals surface area contributed by atoms with E-state index in [4.69, 9.17) is 10.5 Å². The molecule has 1 aromatic heterocycles. The van der Waals surface area contributed by atoms with Crippen LogP contribution in [-0.4, -0.2) is 59.9 Å². The molecule has 0 bridgehead atoms. The molecule has 3 heterocycles. The maximum atomic E-state index is 13.3. The highest BCUT2D eigenvalue weighted by Gasteiger charge is 2.45. The lowest BCUT2D eigenvalue weighted by atomic mass is 10.1. The number of halogens is 2. The maximum Gasteiger partial charge on any atom is 0.282 e. The molecule has 7 nitrogen and oxygen atoms in total. The predicted octanol–water partition coefficient (Wildman–Crippen LogP) is 1.66. The summed E-state index contributed by atoms with van der Waals surface area (Å²) in [4.78, 5) is 31.9. The number of pyridine rings is 1. The highest BCUT2D eigenvalue weighted by molar-refractivity contribution is 5.96. The lowest BCUT2D eigenvalue weighted by Gasteiger charge is -2.40. The van der Waals surface area contributed by atoms with Gasteiger partial charge < -0.3 is 20.3 Å².